The molecular weight excluding hydrogens is 372 g/mol. The lowest BCUT2D eigenvalue weighted by Gasteiger charge is -2.20. The van der Waals surface area contributed by atoms with E-state index in [1.807, 2.05) is 11.5 Å². The number of aryl methyl sites for hydroxylation is 1. The molecule has 2 aromatic rings. The Morgan fingerprint density at radius 2 is 2.04 bits per heavy atom. The zero-order chi connectivity index (χ0) is 17.5. The van der Waals surface area contributed by atoms with Crippen molar-refractivity contribution < 1.29 is 5.11 Å². The Labute approximate surface area is 149 Å². The maximum atomic E-state index is 12.6. The predicted molar refractivity (Wildman–Crippen MR) is 98.5 cm³/mol. The van der Waals surface area contributed by atoms with E-state index in [1.54, 1.807) is 19.9 Å². The Bertz CT molecular complexity index is 820. The van der Waals surface area contributed by atoms with Crippen molar-refractivity contribution in [3.63, 3.8) is 0 Å². The van der Waals surface area contributed by atoms with Gasteiger partial charge in [-0.3, -0.25) is 9.36 Å². The van der Waals surface area contributed by atoms with Crippen molar-refractivity contribution in [1.29, 1.82) is 0 Å². The van der Waals surface area contributed by atoms with E-state index >= 15 is 0 Å². The highest BCUT2D eigenvalue weighted by Crippen LogP contribution is 2.33. The lowest BCUT2D eigenvalue weighted by molar-refractivity contribution is 0.0943. The molecule has 0 saturated heterocycles. The fourth-order valence-corrected chi connectivity index (χ4v) is 3.92. The normalized spacial score (nSPS) is 16.0. The third-order valence-corrected chi connectivity index (χ3v) is 5.02. The number of nitrogens with one attached hydrogen (secondary N) is 1. The highest BCUT2D eigenvalue weighted by molar-refractivity contribution is 9.10. The molecule has 2 aromatic heterocycles. The van der Waals surface area contributed by atoms with Crippen LogP contribution in [0.3, 0.4) is 0 Å². The average Bonchev–Trinajstić information content (AvgIpc) is 2.97. The highest BCUT2D eigenvalue weighted by atomic mass is 79.9. The van der Waals surface area contributed by atoms with Gasteiger partial charge in [0.05, 0.1) is 16.7 Å². The minimum Gasteiger partial charge on any atom is -0.389 e. The third kappa shape index (κ3) is 3.47. The summed E-state index contributed by atoms with van der Waals surface area (Å²) in [6.07, 6.45) is 4.29. The molecule has 0 spiro atoms. The molecule has 0 atom stereocenters. The number of aliphatic hydroxyl groups is 1. The molecule has 24 heavy (non-hydrogen) atoms. The summed E-state index contributed by atoms with van der Waals surface area (Å²) in [4.78, 5) is 21.7. The molecule has 0 unspecified atom stereocenters. The van der Waals surface area contributed by atoms with Crippen molar-refractivity contribution in [1.82, 2.24) is 14.5 Å². The fraction of sp³-hybridized carbons (Fsp3) is 0.588. The summed E-state index contributed by atoms with van der Waals surface area (Å²) in [6, 6.07) is 1.81. The molecule has 6 nitrogen and oxygen atoms in total. The van der Waals surface area contributed by atoms with Crippen molar-refractivity contribution in [2.75, 3.05) is 11.9 Å². The summed E-state index contributed by atoms with van der Waals surface area (Å²) >= 11 is 3.48. The molecule has 2 heterocycles. The largest absolute Gasteiger partial charge is 0.389 e. The van der Waals surface area contributed by atoms with Crippen LogP contribution < -0.4 is 10.9 Å². The number of fused-ring (bicyclic) bond motifs is 1. The number of halogens is 1. The maximum absolute atomic E-state index is 12.6. The van der Waals surface area contributed by atoms with Gasteiger partial charge in [0, 0.05) is 23.1 Å². The van der Waals surface area contributed by atoms with Crippen LogP contribution in [0.5, 0.6) is 0 Å². The van der Waals surface area contributed by atoms with Gasteiger partial charge in [-0.05, 0) is 49.5 Å². The van der Waals surface area contributed by atoms with Gasteiger partial charge in [-0.15, -0.1) is 0 Å². The van der Waals surface area contributed by atoms with E-state index in [2.05, 4.69) is 31.2 Å². The van der Waals surface area contributed by atoms with Crippen molar-refractivity contribution >= 4 is 32.9 Å². The third-order valence-electron chi connectivity index (χ3n) is 4.39. The zero-order valence-corrected chi connectivity index (χ0v) is 15.9. The van der Waals surface area contributed by atoms with Crippen LogP contribution in [0.15, 0.2) is 15.3 Å². The van der Waals surface area contributed by atoms with Gasteiger partial charge < -0.3 is 10.4 Å². The first-order chi connectivity index (χ1) is 11.3. The Morgan fingerprint density at radius 3 is 2.67 bits per heavy atom. The Morgan fingerprint density at radius 1 is 1.38 bits per heavy atom. The van der Waals surface area contributed by atoms with Gasteiger partial charge >= 0.3 is 0 Å². The molecule has 0 amide bonds. The lowest BCUT2D eigenvalue weighted by atomic mass is 10.1. The molecule has 1 aliphatic carbocycles. The summed E-state index contributed by atoms with van der Waals surface area (Å²) in [5, 5.41) is 13.8. The van der Waals surface area contributed by atoms with Gasteiger partial charge in [0.15, 0.2) is 0 Å². The number of anilines is 1. The van der Waals surface area contributed by atoms with Crippen LogP contribution in [0.4, 0.5) is 5.95 Å². The first-order valence-corrected chi connectivity index (χ1v) is 9.11. The molecule has 0 aliphatic heterocycles. The van der Waals surface area contributed by atoms with Crippen LogP contribution in [0, 0.1) is 6.92 Å². The number of hydrogen-bond donors (Lipinski definition) is 2. The topological polar surface area (TPSA) is 80.0 Å². The standard InChI is InChI=1S/C17H23BrN4O2/c1-10-14-12(18)8-13(23)22(11-6-4-5-7-11)15(14)21-16(20-10)19-9-17(2,3)24/h8,11,24H,4-7,9H2,1-3H3,(H,19,20,21). The van der Waals surface area contributed by atoms with E-state index in [-0.39, 0.29) is 11.6 Å². The van der Waals surface area contributed by atoms with E-state index in [0.717, 1.165) is 41.2 Å². The first-order valence-electron chi connectivity index (χ1n) is 8.32. The molecule has 0 bridgehead atoms. The number of rotatable bonds is 4. The van der Waals surface area contributed by atoms with E-state index in [1.165, 1.54) is 0 Å². The Balaban J connectivity index is 2.15. The van der Waals surface area contributed by atoms with Crippen molar-refractivity contribution in [2.24, 2.45) is 0 Å². The number of nitrogens with zero attached hydrogens (tertiary/aromatic N) is 3. The first kappa shape index (κ1) is 17.4. The summed E-state index contributed by atoms with van der Waals surface area (Å²) in [5.74, 6) is 0.436. The smallest absolute Gasteiger partial charge is 0.253 e. The molecule has 130 valence electrons. The molecule has 1 saturated carbocycles. The minimum absolute atomic E-state index is 0.0344. The van der Waals surface area contributed by atoms with Crippen molar-refractivity contribution in [2.45, 2.75) is 58.1 Å². The second-order valence-electron chi connectivity index (χ2n) is 7.14. The number of aromatic nitrogens is 3. The van der Waals surface area contributed by atoms with Crippen molar-refractivity contribution in [3.8, 4) is 0 Å². The van der Waals surface area contributed by atoms with E-state index in [9.17, 15) is 9.90 Å². The molecule has 7 heteroatoms. The predicted octanol–water partition coefficient (Wildman–Crippen LogP) is 3.16. The lowest BCUT2D eigenvalue weighted by Crippen LogP contribution is -2.30. The molecule has 2 N–H and O–H groups in total. The second-order valence-corrected chi connectivity index (χ2v) is 7.99. The van der Waals surface area contributed by atoms with Crippen LogP contribution in [0.25, 0.3) is 11.0 Å². The van der Waals surface area contributed by atoms with Gasteiger partial charge in [0.1, 0.15) is 5.65 Å². The van der Waals surface area contributed by atoms with Gasteiger partial charge in [0.25, 0.3) is 5.56 Å². The molecule has 0 radical (unpaired) electrons. The van der Waals surface area contributed by atoms with Gasteiger partial charge in [-0.2, -0.15) is 4.98 Å². The van der Waals surface area contributed by atoms with Gasteiger partial charge in [-0.1, -0.05) is 12.8 Å². The Kier molecular flexibility index (Phi) is 4.66. The SMILES string of the molecule is Cc1nc(NCC(C)(C)O)nc2c1c(Br)cc(=O)n2C1CCCC1. The van der Waals surface area contributed by atoms with E-state index in [4.69, 9.17) is 0 Å². The molecule has 1 aliphatic rings. The van der Waals surface area contributed by atoms with Crippen LogP contribution >= 0.6 is 15.9 Å². The monoisotopic (exact) mass is 394 g/mol. The van der Waals surface area contributed by atoms with E-state index in [0.29, 0.717) is 18.1 Å². The van der Waals surface area contributed by atoms with Gasteiger partial charge in [-0.25, -0.2) is 4.98 Å². The summed E-state index contributed by atoms with van der Waals surface area (Å²) in [7, 11) is 0. The minimum atomic E-state index is -0.866. The number of pyridine rings is 1. The highest BCUT2D eigenvalue weighted by Gasteiger charge is 2.23. The summed E-state index contributed by atoms with van der Waals surface area (Å²) < 4.78 is 2.54. The second kappa shape index (κ2) is 6.44. The van der Waals surface area contributed by atoms with Crippen LogP contribution in [-0.2, 0) is 0 Å². The zero-order valence-electron chi connectivity index (χ0n) is 14.3. The molecular formula is C17H23BrN4O2. The fourth-order valence-electron chi connectivity index (χ4n) is 3.26. The quantitative estimate of drug-likeness (QED) is 0.832. The van der Waals surface area contributed by atoms with Gasteiger partial charge in [0.2, 0.25) is 5.95 Å². The number of hydrogen-bond acceptors (Lipinski definition) is 5. The Hall–Kier alpha value is -1.47. The maximum Gasteiger partial charge on any atom is 0.253 e. The van der Waals surface area contributed by atoms with Crippen molar-refractivity contribution in [3.05, 3.63) is 26.6 Å². The molecule has 0 aromatic carbocycles. The summed E-state index contributed by atoms with van der Waals surface area (Å²) in [6.45, 7) is 5.69. The van der Waals surface area contributed by atoms with Crippen LogP contribution in [0.1, 0.15) is 51.3 Å². The van der Waals surface area contributed by atoms with E-state index < -0.39 is 5.60 Å². The average molecular weight is 395 g/mol. The van der Waals surface area contributed by atoms with Crippen LogP contribution in [0.2, 0.25) is 0 Å². The molecule has 3 rings (SSSR count). The summed E-state index contributed by atoms with van der Waals surface area (Å²) in [5.41, 5.74) is 0.561. The molecule has 1 fully saturated rings. The van der Waals surface area contributed by atoms with Crippen LogP contribution in [-0.4, -0.2) is 31.8 Å².